The van der Waals surface area contributed by atoms with E-state index < -0.39 is 5.97 Å². The molecule has 0 spiro atoms. The monoisotopic (exact) mass is 494 g/mol. The molecule has 0 atom stereocenters. The Labute approximate surface area is 211 Å². The third kappa shape index (κ3) is 4.96. The van der Waals surface area contributed by atoms with Gasteiger partial charge in [-0.15, -0.1) is 11.3 Å². The zero-order valence-corrected chi connectivity index (χ0v) is 20.2. The number of hydrogen-bond donors (Lipinski definition) is 1. The van der Waals surface area contributed by atoms with Crippen molar-refractivity contribution in [1.29, 1.82) is 0 Å². The van der Waals surface area contributed by atoms with E-state index in [0.29, 0.717) is 27.1 Å². The molecule has 5 rings (SSSR count). The molecule has 3 aromatic carbocycles. The lowest BCUT2D eigenvalue weighted by Gasteiger charge is -2.10. The van der Waals surface area contributed by atoms with Crippen LogP contribution in [0.3, 0.4) is 0 Å². The number of aromatic amines is 1. The number of thiophene rings is 1. The van der Waals surface area contributed by atoms with Crippen molar-refractivity contribution in [1.82, 2.24) is 9.97 Å². The number of rotatable bonds is 7. The third-order valence-electron chi connectivity index (χ3n) is 5.63. The molecule has 0 aliphatic rings. The zero-order valence-electron chi connectivity index (χ0n) is 19.4. The molecule has 0 saturated carbocycles. The minimum atomic E-state index is -0.525. The second-order valence-corrected chi connectivity index (χ2v) is 8.84. The third-order valence-corrected chi connectivity index (χ3v) is 6.50. The molecule has 0 aliphatic heterocycles. The fourth-order valence-electron chi connectivity index (χ4n) is 3.88. The van der Waals surface area contributed by atoms with Crippen LogP contribution in [-0.2, 0) is 16.1 Å². The first-order chi connectivity index (χ1) is 17.6. The summed E-state index contributed by atoms with van der Waals surface area (Å²) in [7, 11) is 1.59. The lowest BCUT2D eigenvalue weighted by atomic mass is 10.0. The first kappa shape index (κ1) is 23.3. The van der Waals surface area contributed by atoms with E-state index >= 15 is 0 Å². The van der Waals surface area contributed by atoms with Gasteiger partial charge in [0.05, 0.1) is 18.1 Å². The fourth-order valence-corrected chi connectivity index (χ4v) is 4.85. The number of nitrogens with one attached hydrogen (secondary N) is 1. The van der Waals surface area contributed by atoms with Crippen molar-refractivity contribution in [3.05, 3.63) is 118 Å². The Morgan fingerprint density at radius 2 is 1.75 bits per heavy atom. The van der Waals surface area contributed by atoms with E-state index in [9.17, 15) is 9.59 Å². The van der Waals surface area contributed by atoms with E-state index in [1.807, 2.05) is 90.3 Å². The maximum atomic E-state index is 13.2. The molecule has 1 N–H and O–H groups in total. The minimum absolute atomic E-state index is 0.162. The summed E-state index contributed by atoms with van der Waals surface area (Å²) in [4.78, 5) is 34.0. The van der Waals surface area contributed by atoms with Crippen LogP contribution in [0.25, 0.3) is 33.0 Å². The lowest BCUT2D eigenvalue weighted by molar-refractivity contribution is -0.138. The number of esters is 1. The molecule has 0 aliphatic carbocycles. The van der Waals surface area contributed by atoms with E-state index in [1.165, 1.54) is 11.3 Å². The SMILES string of the molecule is COc1cccc(C=C(C(=O)OCc2nc3scc(-c4ccccc4)c3c(=O)[nH]2)c2ccccc2)c1. The van der Waals surface area contributed by atoms with Gasteiger partial charge in [0.1, 0.15) is 23.0 Å². The van der Waals surface area contributed by atoms with E-state index in [1.54, 1.807) is 13.2 Å². The lowest BCUT2D eigenvalue weighted by Crippen LogP contribution is -2.14. The molecule has 6 nitrogen and oxygen atoms in total. The van der Waals surface area contributed by atoms with Crippen molar-refractivity contribution < 1.29 is 14.3 Å². The van der Waals surface area contributed by atoms with Crippen molar-refractivity contribution in [3.63, 3.8) is 0 Å². The minimum Gasteiger partial charge on any atom is -0.497 e. The molecule has 0 fully saturated rings. The Balaban J connectivity index is 1.42. The quantitative estimate of drug-likeness (QED) is 0.172. The Morgan fingerprint density at radius 1 is 1.00 bits per heavy atom. The molecule has 0 bridgehead atoms. The van der Waals surface area contributed by atoms with Crippen LogP contribution in [0.1, 0.15) is 17.0 Å². The summed E-state index contributed by atoms with van der Waals surface area (Å²) >= 11 is 1.38. The maximum Gasteiger partial charge on any atom is 0.339 e. The number of hydrogen-bond acceptors (Lipinski definition) is 6. The molecule has 2 heterocycles. The average molecular weight is 495 g/mol. The van der Waals surface area contributed by atoms with Crippen molar-refractivity contribution >= 4 is 39.2 Å². The molecule has 0 radical (unpaired) electrons. The fraction of sp³-hybridized carbons (Fsp3) is 0.0690. The van der Waals surface area contributed by atoms with Crippen LogP contribution in [0.2, 0.25) is 0 Å². The van der Waals surface area contributed by atoms with Gasteiger partial charge in [0, 0.05) is 10.9 Å². The number of H-pyrrole nitrogens is 1. The number of fused-ring (bicyclic) bond motifs is 1. The topological polar surface area (TPSA) is 81.3 Å². The molecule has 0 amide bonds. The first-order valence-corrected chi connectivity index (χ1v) is 12.1. The molecule has 5 aromatic rings. The van der Waals surface area contributed by atoms with Gasteiger partial charge in [-0.2, -0.15) is 0 Å². The van der Waals surface area contributed by atoms with Gasteiger partial charge in [0.2, 0.25) is 0 Å². The van der Waals surface area contributed by atoms with Crippen molar-refractivity contribution in [2.45, 2.75) is 6.61 Å². The van der Waals surface area contributed by atoms with Gasteiger partial charge in [0.15, 0.2) is 0 Å². The van der Waals surface area contributed by atoms with Gasteiger partial charge < -0.3 is 14.5 Å². The summed E-state index contributed by atoms with van der Waals surface area (Å²) in [5, 5.41) is 2.45. The second kappa shape index (κ2) is 10.4. The van der Waals surface area contributed by atoms with E-state index in [-0.39, 0.29) is 18.0 Å². The van der Waals surface area contributed by atoms with Gasteiger partial charge in [-0.1, -0.05) is 72.8 Å². The van der Waals surface area contributed by atoms with E-state index in [0.717, 1.165) is 16.7 Å². The first-order valence-electron chi connectivity index (χ1n) is 11.3. The molecular weight excluding hydrogens is 472 g/mol. The van der Waals surface area contributed by atoms with Gasteiger partial charge in [-0.05, 0) is 34.9 Å². The van der Waals surface area contributed by atoms with Crippen LogP contribution in [0.5, 0.6) is 5.75 Å². The van der Waals surface area contributed by atoms with Gasteiger partial charge in [-0.3, -0.25) is 4.79 Å². The van der Waals surface area contributed by atoms with Crippen LogP contribution in [0.15, 0.2) is 95.1 Å². The van der Waals surface area contributed by atoms with Gasteiger partial charge in [-0.25, -0.2) is 9.78 Å². The Hall–Kier alpha value is -4.49. The Kier molecular flexibility index (Phi) is 6.73. The summed E-state index contributed by atoms with van der Waals surface area (Å²) in [6, 6.07) is 26.4. The predicted molar refractivity (Wildman–Crippen MR) is 143 cm³/mol. The molecule has 7 heteroatoms. The molecule has 0 saturated heterocycles. The summed E-state index contributed by atoms with van der Waals surface area (Å²) < 4.78 is 10.9. The van der Waals surface area contributed by atoms with Crippen molar-refractivity contribution in [2.24, 2.45) is 0 Å². The van der Waals surface area contributed by atoms with Crippen molar-refractivity contribution in [3.8, 4) is 16.9 Å². The highest BCUT2D eigenvalue weighted by Crippen LogP contribution is 2.30. The predicted octanol–water partition coefficient (Wildman–Crippen LogP) is 5.94. The van der Waals surface area contributed by atoms with Crippen LogP contribution in [0.4, 0.5) is 0 Å². The van der Waals surface area contributed by atoms with Crippen LogP contribution in [-0.4, -0.2) is 23.0 Å². The number of nitrogens with zero attached hydrogens (tertiary/aromatic N) is 1. The highest BCUT2D eigenvalue weighted by atomic mass is 32.1. The number of ether oxygens (including phenoxy) is 2. The van der Waals surface area contributed by atoms with E-state index in [4.69, 9.17) is 9.47 Å². The Bertz CT molecular complexity index is 1610. The number of carbonyl (C=O) groups excluding carboxylic acids is 1. The maximum absolute atomic E-state index is 13.2. The summed E-state index contributed by atoms with van der Waals surface area (Å²) in [6.45, 7) is -0.162. The molecule has 0 unspecified atom stereocenters. The summed E-state index contributed by atoms with van der Waals surface area (Å²) in [5.74, 6) is 0.449. The van der Waals surface area contributed by atoms with Gasteiger partial charge in [0.25, 0.3) is 5.56 Å². The Morgan fingerprint density at radius 3 is 2.50 bits per heavy atom. The molecular formula is C29H22N2O4S. The zero-order chi connectivity index (χ0) is 24.9. The number of methoxy groups -OCH3 is 1. The number of carbonyl (C=O) groups is 1. The standard InChI is InChI=1S/C29H22N2O4S/c1-34-22-14-8-9-19(15-22)16-23(20-10-4-2-5-11-20)29(33)35-17-25-30-27(32)26-24(18-36-28(26)31-25)21-12-6-3-7-13-21/h2-16,18H,17H2,1H3,(H,30,31,32). The molecule has 178 valence electrons. The largest absolute Gasteiger partial charge is 0.497 e. The van der Waals surface area contributed by atoms with Crippen molar-refractivity contribution in [2.75, 3.05) is 7.11 Å². The van der Waals surface area contributed by atoms with Crippen LogP contribution < -0.4 is 10.3 Å². The number of aromatic nitrogens is 2. The second-order valence-electron chi connectivity index (χ2n) is 7.98. The highest BCUT2D eigenvalue weighted by molar-refractivity contribution is 7.17. The summed E-state index contributed by atoms with van der Waals surface area (Å²) in [5.41, 5.74) is 3.42. The number of benzene rings is 3. The smallest absolute Gasteiger partial charge is 0.339 e. The molecule has 2 aromatic heterocycles. The van der Waals surface area contributed by atoms with Crippen LogP contribution in [0, 0.1) is 0 Å². The van der Waals surface area contributed by atoms with Crippen LogP contribution >= 0.6 is 11.3 Å². The average Bonchev–Trinajstić information content (AvgIpc) is 3.36. The highest BCUT2D eigenvalue weighted by Gasteiger charge is 2.17. The molecule has 36 heavy (non-hydrogen) atoms. The summed E-state index contributed by atoms with van der Waals surface area (Å²) in [6.07, 6.45) is 1.75. The van der Waals surface area contributed by atoms with Gasteiger partial charge >= 0.3 is 5.97 Å². The van der Waals surface area contributed by atoms with E-state index in [2.05, 4.69) is 9.97 Å². The normalized spacial score (nSPS) is 11.4.